The molecule has 0 unspecified atom stereocenters. The minimum Gasteiger partial charge on any atom is -0.319 e. The average molecular weight is 246 g/mol. The maximum atomic E-state index is 11.9. The number of hydrogen-bond donors (Lipinski definition) is 1. The predicted molar refractivity (Wildman–Crippen MR) is 66.8 cm³/mol. The van der Waals surface area contributed by atoms with Gasteiger partial charge in [-0.25, -0.2) is 12.7 Å². The summed E-state index contributed by atoms with van der Waals surface area (Å²) in [5.41, 5.74) is 0. The molecule has 0 aromatic carbocycles. The first-order valence-electron chi connectivity index (χ1n) is 5.83. The molecule has 1 heterocycles. The summed E-state index contributed by atoms with van der Waals surface area (Å²) in [7, 11) is -1.10. The van der Waals surface area contributed by atoms with Crippen LogP contribution in [0.2, 0.25) is 0 Å². The third-order valence-corrected chi connectivity index (χ3v) is 4.94. The number of rotatable bonds is 6. The molecule has 0 aliphatic carbocycles. The molecule has 16 heavy (non-hydrogen) atoms. The largest absolute Gasteiger partial charge is 0.319 e. The van der Waals surface area contributed by atoms with Crippen LogP contribution in [-0.4, -0.2) is 45.2 Å². The van der Waals surface area contributed by atoms with Crippen molar-refractivity contribution in [1.29, 1.82) is 0 Å². The van der Waals surface area contributed by atoms with Crippen LogP contribution in [0.4, 0.5) is 0 Å². The summed E-state index contributed by atoms with van der Waals surface area (Å²) in [5.74, 6) is 0.823. The molecule has 0 saturated carbocycles. The van der Waals surface area contributed by atoms with Crippen LogP contribution in [0.3, 0.4) is 0 Å². The Balaban J connectivity index is 2.43. The molecule has 1 saturated heterocycles. The number of hydrogen-bond acceptors (Lipinski definition) is 3. The van der Waals surface area contributed by atoms with E-state index in [0.717, 1.165) is 19.4 Å². The molecule has 0 spiro atoms. The lowest BCUT2D eigenvalue weighted by molar-refractivity contribution is 0.271. The third kappa shape index (κ3) is 3.88. The van der Waals surface area contributed by atoms with Crippen LogP contribution in [0.1, 0.15) is 19.3 Å². The first-order valence-corrected chi connectivity index (χ1v) is 7.44. The molecule has 0 bridgehead atoms. The third-order valence-electron chi connectivity index (χ3n) is 3.04. The van der Waals surface area contributed by atoms with Crippen LogP contribution >= 0.6 is 0 Å². The molecular formula is C11H22N2O2S. The Morgan fingerprint density at radius 1 is 1.44 bits per heavy atom. The van der Waals surface area contributed by atoms with Crippen LogP contribution in [0, 0.1) is 5.92 Å². The van der Waals surface area contributed by atoms with E-state index in [1.54, 1.807) is 10.4 Å². The van der Waals surface area contributed by atoms with E-state index in [0.29, 0.717) is 25.4 Å². The van der Waals surface area contributed by atoms with Gasteiger partial charge in [-0.15, -0.1) is 6.58 Å². The van der Waals surface area contributed by atoms with Crippen molar-refractivity contribution in [3.63, 3.8) is 0 Å². The maximum absolute atomic E-state index is 11.9. The molecule has 0 amide bonds. The standard InChI is InChI=1S/C11H22N2O2S/c1-3-4-9-16(14,15)13-7-5-11(6-8-13)10-12-2/h3,11-12H,1,4-10H2,2H3. The fourth-order valence-corrected chi connectivity index (χ4v) is 3.53. The average Bonchev–Trinajstić information content (AvgIpc) is 2.28. The molecule has 0 radical (unpaired) electrons. The van der Waals surface area contributed by atoms with E-state index >= 15 is 0 Å². The van der Waals surface area contributed by atoms with E-state index < -0.39 is 10.0 Å². The van der Waals surface area contributed by atoms with Gasteiger partial charge in [-0.3, -0.25) is 0 Å². The number of nitrogens with one attached hydrogen (secondary N) is 1. The number of allylic oxidation sites excluding steroid dienone is 1. The Hall–Kier alpha value is -0.390. The van der Waals surface area contributed by atoms with E-state index in [-0.39, 0.29) is 5.75 Å². The first-order chi connectivity index (χ1) is 7.60. The Morgan fingerprint density at radius 2 is 2.06 bits per heavy atom. The minimum absolute atomic E-state index is 0.202. The lowest BCUT2D eigenvalue weighted by Crippen LogP contribution is -2.41. The fourth-order valence-electron chi connectivity index (χ4n) is 2.04. The van der Waals surface area contributed by atoms with Crippen molar-refractivity contribution >= 4 is 10.0 Å². The second kappa shape index (κ2) is 6.37. The Morgan fingerprint density at radius 3 is 2.56 bits per heavy atom. The summed E-state index contributed by atoms with van der Waals surface area (Å²) in [6, 6.07) is 0. The lowest BCUT2D eigenvalue weighted by Gasteiger charge is -2.31. The SMILES string of the molecule is C=CCCS(=O)(=O)N1CCC(CNC)CC1. The highest BCUT2D eigenvalue weighted by Crippen LogP contribution is 2.19. The van der Waals surface area contributed by atoms with Gasteiger partial charge in [-0.2, -0.15) is 0 Å². The van der Waals surface area contributed by atoms with Gasteiger partial charge in [0.1, 0.15) is 0 Å². The molecule has 1 aliphatic heterocycles. The molecule has 0 aromatic heterocycles. The fraction of sp³-hybridized carbons (Fsp3) is 0.818. The van der Waals surface area contributed by atoms with E-state index in [9.17, 15) is 8.42 Å². The Bertz CT molecular complexity index is 306. The second-order valence-electron chi connectivity index (χ2n) is 4.29. The van der Waals surface area contributed by atoms with Crippen molar-refractivity contribution < 1.29 is 8.42 Å². The van der Waals surface area contributed by atoms with Crippen molar-refractivity contribution in [1.82, 2.24) is 9.62 Å². The molecule has 1 aliphatic rings. The van der Waals surface area contributed by atoms with Crippen LogP contribution in [0.15, 0.2) is 12.7 Å². The van der Waals surface area contributed by atoms with Crippen molar-refractivity contribution in [2.75, 3.05) is 32.4 Å². The lowest BCUT2D eigenvalue weighted by atomic mass is 9.98. The van der Waals surface area contributed by atoms with Crippen molar-refractivity contribution in [3.8, 4) is 0 Å². The van der Waals surface area contributed by atoms with Gasteiger partial charge in [0, 0.05) is 13.1 Å². The smallest absolute Gasteiger partial charge is 0.214 e. The van der Waals surface area contributed by atoms with E-state index in [4.69, 9.17) is 0 Å². The van der Waals surface area contributed by atoms with Gasteiger partial charge in [0.15, 0.2) is 0 Å². The number of nitrogens with zero attached hydrogens (tertiary/aromatic N) is 1. The summed E-state index contributed by atoms with van der Waals surface area (Å²) < 4.78 is 25.4. The van der Waals surface area contributed by atoms with E-state index in [1.165, 1.54) is 0 Å². The summed E-state index contributed by atoms with van der Waals surface area (Å²) in [5, 5.41) is 3.14. The molecule has 94 valence electrons. The quantitative estimate of drug-likeness (QED) is 0.706. The van der Waals surface area contributed by atoms with Crippen LogP contribution in [-0.2, 0) is 10.0 Å². The topological polar surface area (TPSA) is 49.4 Å². The van der Waals surface area contributed by atoms with Crippen molar-refractivity contribution in [2.45, 2.75) is 19.3 Å². The van der Waals surface area contributed by atoms with Crippen molar-refractivity contribution in [2.24, 2.45) is 5.92 Å². The minimum atomic E-state index is -3.04. The monoisotopic (exact) mass is 246 g/mol. The molecular weight excluding hydrogens is 224 g/mol. The number of sulfonamides is 1. The van der Waals surface area contributed by atoms with Gasteiger partial charge in [-0.1, -0.05) is 6.08 Å². The van der Waals surface area contributed by atoms with Gasteiger partial charge in [0.25, 0.3) is 0 Å². The van der Waals surface area contributed by atoms with Gasteiger partial charge < -0.3 is 5.32 Å². The molecule has 5 heteroatoms. The summed E-state index contributed by atoms with van der Waals surface area (Å²) in [6.45, 7) is 5.89. The van der Waals surface area contributed by atoms with E-state index in [2.05, 4.69) is 11.9 Å². The zero-order valence-electron chi connectivity index (χ0n) is 9.98. The number of piperidine rings is 1. The molecule has 0 aromatic rings. The molecule has 0 atom stereocenters. The van der Waals surface area contributed by atoms with Gasteiger partial charge in [0.2, 0.25) is 10.0 Å². The highest BCUT2D eigenvalue weighted by atomic mass is 32.2. The normalized spacial score (nSPS) is 19.8. The van der Waals surface area contributed by atoms with E-state index in [1.807, 2.05) is 7.05 Å². The highest BCUT2D eigenvalue weighted by Gasteiger charge is 2.26. The Labute approximate surface area is 98.8 Å². The molecule has 1 rings (SSSR count). The Kier molecular flexibility index (Phi) is 5.44. The zero-order valence-corrected chi connectivity index (χ0v) is 10.8. The van der Waals surface area contributed by atoms with Crippen LogP contribution in [0.25, 0.3) is 0 Å². The summed E-state index contributed by atoms with van der Waals surface area (Å²) >= 11 is 0. The first kappa shape index (κ1) is 13.7. The van der Waals surface area contributed by atoms with Crippen LogP contribution in [0.5, 0.6) is 0 Å². The summed E-state index contributed by atoms with van der Waals surface area (Å²) in [4.78, 5) is 0. The summed E-state index contributed by atoms with van der Waals surface area (Å²) in [6.07, 6.45) is 4.13. The molecule has 1 fully saturated rings. The molecule has 1 N–H and O–H groups in total. The van der Waals surface area contributed by atoms with Gasteiger partial charge >= 0.3 is 0 Å². The van der Waals surface area contributed by atoms with Gasteiger partial charge in [0.05, 0.1) is 5.75 Å². The van der Waals surface area contributed by atoms with Crippen LogP contribution < -0.4 is 5.32 Å². The predicted octanol–water partition coefficient (Wildman–Crippen LogP) is 0.824. The highest BCUT2D eigenvalue weighted by molar-refractivity contribution is 7.89. The van der Waals surface area contributed by atoms with Crippen molar-refractivity contribution in [3.05, 3.63) is 12.7 Å². The maximum Gasteiger partial charge on any atom is 0.214 e. The second-order valence-corrected chi connectivity index (χ2v) is 6.38. The molecule has 4 nitrogen and oxygen atoms in total. The zero-order chi connectivity index (χ0) is 12.0. The van der Waals surface area contributed by atoms with Gasteiger partial charge in [-0.05, 0) is 38.8 Å².